The Hall–Kier alpha value is -3.03. The van der Waals surface area contributed by atoms with Gasteiger partial charge in [-0.25, -0.2) is 0 Å². The van der Waals surface area contributed by atoms with E-state index in [2.05, 4.69) is 17.1 Å². The molecule has 2 aromatic carbocycles. The van der Waals surface area contributed by atoms with E-state index in [9.17, 15) is 15.0 Å². The van der Waals surface area contributed by atoms with Gasteiger partial charge in [-0.1, -0.05) is 43.5 Å². The second-order valence-corrected chi connectivity index (χ2v) is 8.99. The first-order chi connectivity index (χ1) is 16.5. The number of hydrogen-bond acceptors (Lipinski definition) is 5. The maximum Gasteiger partial charge on any atom is 0.273 e. The molecule has 2 heterocycles. The van der Waals surface area contributed by atoms with Gasteiger partial charge in [-0.05, 0) is 55.2 Å². The van der Waals surface area contributed by atoms with Gasteiger partial charge in [0.1, 0.15) is 22.9 Å². The molecule has 4 rings (SSSR count). The maximum atomic E-state index is 13.3. The molecule has 0 saturated carbocycles. The predicted octanol–water partition coefficient (Wildman–Crippen LogP) is 5.24. The van der Waals surface area contributed by atoms with Gasteiger partial charge in [0.15, 0.2) is 0 Å². The first-order valence-corrected chi connectivity index (χ1v) is 12.1. The Balaban J connectivity index is 1.77. The number of nitrogens with one attached hydrogen (secondary N) is 1. The number of nitrogens with zero attached hydrogens (tertiary/aromatic N) is 2. The van der Waals surface area contributed by atoms with E-state index in [1.54, 1.807) is 17.0 Å². The van der Waals surface area contributed by atoms with Crippen molar-refractivity contribution < 1.29 is 19.7 Å². The Labute approximate surface area is 204 Å². The molecule has 34 heavy (non-hydrogen) atoms. The number of amides is 1. The third-order valence-corrected chi connectivity index (χ3v) is 6.55. The van der Waals surface area contributed by atoms with Crippen LogP contribution in [0.3, 0.4) is 0 Å². The Morgan fingerprint density at radius 3 is 2.79 bits per heavy atom. The van der Waals surface area contributed by atoms with Gasteiger partial charge in [-0.2, -0.15) is 5.10 Å². The number of carbonyl (C=O) groups is 1. The molecule has 1 amide bonds. The SMILES string of the molecule is CCCCCOc1cccc(C2c3c(-c4cc(Cl)c(C)cc4O)n[nH]c3C(=O)N2CCCO)c1. The van der Waals surface area contributed by atoms with Gasteiger partial charge in [-0.15, -0.1) is 0 Å². The summed E-state index contributed by atoms with van der Waals surface area (Å²) in [5.41, 5.74) is 3.62. The van der Waals surface area contributed by atoms with Crippen LogP contribution in [-0.2, 0) is 0 Å². The minimum atomic E-state index is -0.443. The van der Waals surface area contributed by atoms with Gasteiger partial charge in [0.25, 0.3) is 5.91 Å². The van der Waals surface area contributed by atoms with E-state index in [4.69, 9.17) is 16.3 Å². The Bertz CT molecular complexity index is 1180. The molecule has 0 saturated heterocycles. The third kappa shape index (κ3) is 4.63. The van der Waals surface area contributed by atoms with Crippen LogP contribution in [0.5, 0.6) is 11.5 Å². The van der Waals surface area contributed by atoms with Gasteiger partial charge in [0.05, 0.1) is 12.6 Å². The molecule has 1 unspecified atom stereocenters. The van der Waals surface area contributed by atoms with Gasteiger partial charge in [-0.3, -0.25) is 9.89 Å². The molecule has 3 aromatic rings. The van der Waals surface area contributed by atoms with Crippen LogP contribution in [0.4, 0.5) is 0 Å². The molecule has 0 fully saturated rings. The fourth-order valence-corrected chi connectivity index (χ4v) is 4.56. The lowest BCUT2D eigenvalue weighted by atomic mass is 9.95. The van der Waals surface area contributed by atoms with Crippen LogP contribution in [-0.4, -0.2) is 51.0 Å². The number of rotatable bonds is 10. The quantitative estimate of drug-likeness (QED) is 0.342. The number of H-pyrrole nitrogens is 1. The number of aromatic hydroxyl groups is 1. The van der Waals surface area contributed by atoms with E-state index in [0.717, 1.165) is 36.1 Å². The van der Waals surface area contributed by atoms with E-state index in [0.29, 0.717) is 47.1 Å². The number of unbranched alkanes of at least 4 members (excludes halogenated alkanes) is 2. The van der Waals surface area contributed by atoms with Crippen molar-refractivity contribution in [2.24, 2.45) is 0 Å². The molecule has 1 atom stereocenters. The second-order valence-electron chi connectivity index (χ2n) is 8.59. The van der Waals surface area contributed by atoms with Crippen LogP contribution in [0.1, 0.15) is 65.8 Å². The highest BCUT2D eigenvalue weighted by molar-refractivity contribution is 6.31. The molecule has 1 aromatic heterocycles. The summed E-state index contributed by atoms with van der Waals surface area (Å²) in [7, 11) is 0. The Kier molecular flexibility index (Phi) is 7.44. The molecule has 8 heteroatoms. The van der Waals surface area contributed by atoms with Crippen molar-refractivity contribution in [2.75, 3.05) is 19.8 Å². The van der Waals surface area contributed by atoms with Crippen LogP contribution in [0.2, 0.25) is 5.02 Å². The van der Waals surface area contributed by atoms with E-state index in [1.165, 1.54) is 0 Å². The number of benzene rings is 2. The Morgan fingerprint density at radius 1 is 1.21 bits per heavy atom. The first-order valence-electron chi connectivity index (χ1n) is 11.7. The number of fused-ring (bicyclic) bond motifs is 1. The van der Waals surface area contributed by atoms with Crippen molar-refractivity contribution in [3.63, 3.8) is 0 Å². The van der Waals surface area contributed by atoms with E-state index >= 15 is 0 Å². The zero-order chi connectivity index (χ0) is 24.2. The van der Waals surface area contributed by atoms with Crippen LogP contribution < -0.4 is 4.74 Å². The number of aromatic amines is 1. The summed E-state index contributed by atoms with van der Waals surface area (Å²) < 4.78 is 5.96. The molecule has 1 aliphatic heterocycles. The summed E-state index contributed by atoms with van der Waals surface area (Å²) in [6.07, 6.45) is 3.66. The van der Waals surface area contributed by atoms with Crippen molar-refractivity contribution >= 4 is 17.5 Å². The number of aromatic nitrogens is 2. The second kappa shape index (κ2) is 10.5. The number of aliphatic hydroxyl groups excluding tert-OH is 1. The minimum absolute atomic E-state index is 0.0233. The molecule has 7 nitrogen and oxygen atoms in total. The fraction of sp³-hybridized carbons (Fsp3) is 0.385. The van der Waals surface area contributed by atoms with Crippen molar-refractivity contribution in [2.45, 2.75) is 45.6 Å². The van der Waals surface area contributed by atoms with Crippen LogP contribution in [0.25, 0.3) is 11.3 Å². The lowest BCUT2D eigenvalue weighted by Crippen LogP contribution is -2.31. The number of halogens is 1. The van der Waals surface area contributed by atoms with Crippen LogP contribution >= 0.6 is 11.6 Å². The zero-order valence-corrected chi connectivity index (χ0v) is 20.2. The number of aliphatic hydroxyl groups is 1. The number of carbonyl (C=O) groups excluding carboxylic acids is 1. The maximum absolute atomic E-state index is 13.3. The highest BCUT2D eigenvalue weighted by Gasteiger charge is 2.42. The standard InChI is InChI=1S/C26H30ClN3O4/c1-3-4-5-12-34-18-9-6-8-17(14-18)25-22-23(19-15-20(27)16(2)13-21(19)32)28-29-24(22)26(33)30(25)10-7-11-31/h6,8-9,13-15,25,31-32H,3-5,7,10-12H2,1-2H3,(H,28,29). The molecule has 1 aliphatic rings. The average molecular weight is 484 g/mol. The molecular weight excluding hydrogens is 454 g/mol. The normalized spacial score (nSPS) is 15.1. The van der Waals surface area contributed by atoms with E-state index < -0.39 is 6.04 Å². The van der Waals surface area contributed by atoms with Crippen LogP contribution in [0.15, 0.2) is 36.4 Å². The number of phenolic OH excluding ortho intramolecular Hbond substituents is 1. The number of ether oxygens (including phenoxy) is 1. The molecule has 180 valence electrons. The molecule has 0 spiro atoms. The highest BCUT2D eigenvalue weighted by atomic mass is 35.5. The van der Waals surface area contributed by atoms with E-state index in [1.807, 2.05) is 31.2 Å². The Morgan fingerprint density at radius 2 is 2.03 bits per heavy atom. The average Bonchev–Trinajstić information content (AvgIpc) is 3.36. The first kappa shape index (κ1) is 24.1. The summed E-state index contributed by atoms with van der Waals surface area (Å²) in [6.45, 7) is 4.95. The van der Waals surface area contributed by atoms with Crippen molar-refractivity contribution in [1.82, 2.24) is 15.1 Å². The largest absolute Gasteiger partial charge is 0.507 e. The van der Waals surface area contributed by atoms with Gasteiger partial charge in [0.2, 0.25) is 0 Å². The predicted molar refractivity (Wildman–Crippen MR) is 131 cm³/mol. The lowest BCUT2D eigenvalue weighted by Gasteiger charge is -2.26. The van der Waals surface area contributed by atoms with Gasteiger partial charge < -0.3 is 19.8 Å². The minimum Gasteiger partial charge on any atom is -0.507 e. The van der Waals surface area contributed by atoms with Crippen molar-refractivity contribution in [1.29, 1.82) is 0 Å². The zero-order valence-electron chi connectivity index (χ0n) is 19.5. The molecule has 0 aliphatic carbocycles. The van der Waals surface area contributed by atoms with Crippen LogP contribution in [0, 0.1) is 6.92 Å². The summed E-state index contributed by atoms with van der Waals surface area (Å²) in [5, 5.41) is 27.9. The highest BCUT2D eigenvalue weighted by Crippen LogP contribution is 2.45. The monoisotopic (exact) mass is 483 g/mol. The lowest BCUT2D eigenvalue weighted by molar-refractivity contribution is 0.0732. The summed E-state index contributed by atoms with van der Waals surface area (Å²) in [4.78, 5) is 15.0. The number of aryl methyl sites for hydroxylation is 1. The molecule has 0 bridgehead atoms. The summed E-state index contributed by atoms with van der Waals surface area (Å²) in [5.74, 6) is 0.589. The van der Waals surface area contributed by atoms with Crippen molar-refractivity contribution in [3.8, 4) is 22.8 Å². The van der Waals surface area contributed by atoms with E-state index in [-0.39, 0.29) is 18.3 Å². The summed E-state index contributed by atoms with van der Waals surface area (Å²) >= 11 is 6.35. The molecular formula is C26H30ClN3O4. The molecule has 3 N–H and O–H groups in total. The molecule has 0 radical (unpaired) electrons. The smallest absolute Gasteiger partial charge is 0.273 e. The number of phenols is 1. The summed E-state index contributed by atoms with van der Waals surface area (Å²) in [6, 6.07) is 10.6. The fourth-order valence-electron chi connectivity index (χ4n) is 4.39. The van der Waals surface area contributed by atoms with Gasteiger partial charge >= 0.3 is 0 Å². The number of hydrogen-bond donors (Lipinski definition) is 3. The van der Waals surface area contributed by atoms with Gasteiger partial charge in [0, 0.05) is 29.3 Å². The third-order valence-electron chi connectivity index (χ3n) is 6.14. The van der Waals surface area contributed by atoms with Crippen molar-refractivity contribution in [3.05, 3.63) is 63.8 Å². The topological polar surface area (TPSA) is 98.7 Å².